The number of pyridine rings is 1. The molecule has 0 radical (unpaired) electrons. The number of aromatic amines is 1. The molecule has 0 unspecified atom stereocenters. The third kappa shape index (κ3) is 2.25. The third-order valence-electron chi connectivity index (χ3n) is 3.27. The van der Waals surface area contributed by atoms with Crippen LogP contribution in [0.3, 0.4) is 0 Å². The molecule has 3 rings (SSSR count). The molecule has 1 aromatic carbocycles. The zero-order chi connectivity index (χ0) is 14.8. The van der Waals surface area contributed by atoms with Gasteiger partial charge in [-0.25, -0.2) is 0 Å². The summed E-state index contributed by atoms with van der Waals surface area (Å²) in [5.74, 6) is 0.497. The van der Waals surface area contributed by atoms with Crippen molar-refractivity contribution in [1.82, 2.24) is 14.8 Å². The number of aromatic nitrogens is 3. The van der Waals surface area contributed by atoms with E-state index in [1.165, 1.54) is 0 Å². The molecule has 0 amide bonds. The van der Waals surface area contributed by atoms with Gasteiger partial charge in [-0.05, 0) is 29.7 Å². The second-order valence-corrected chi connectivity index (χ2v) is 4.53. The lowest BCUT2D eigenvalue weighted by atomic mass is 10.0. The number of fused-ring (bicyclic) bond motifs is 1. The molecule has 0 bridgehead atoms. The number of benzene rings is 1. The van der Waals surface area contributed by atoms with E-state index in [4.69, 9.17) is 10.00 Å². The van der Waals surface area contributed by atoms with Crippen LogP contribution in [0.1, 0.15) is 0 Å². The molecule has 0 fully saturated rings. The Kier molecular flexibility index (Phi) is 3.16. The summed E-state index contributed by atoms with van der Waals surface area (Å²) in [6.45, 7) is -0.0508. The van der Waals surface area contributed by atoms with Gasteiger partial charge in [0.25, 0.3) is 5.56 Å². The first kappa shape index (κ1) is 12.9. The SMILES string of the molecule is Cn1nccc1-c1c[nH]c(=O)c2cc(OCC#N)ccc12. The van der Waals surface area contributed by atoms with E-state index in [2.05, 4.69) is 10.1 Å². The Balaban J connectivity index is 2.21. The van der Waals surface area contributed by atoms with E-state index >= 15 is 0 Å². The van der Waals surface area contributed by atoms with Gasteiger partial charge in [0.2, 0.25) is 0 Å². The minimum absolute atomic E-state index is 0.0508. The lowest BCUT2D eigenvalue weighted by Crippen LogP contribution is -2.07. The number of hydrogen-bond acceptors (Lipinski definition) is 4. The Labute approximate surface area is 120 Å². The van der Waals surface area contributed by atoms with E-state index in [0.717, 1.165) is 16.6 Å². The Morgan fingerprint density at radius 1 is 1.38 bits per heavy atom. The van der Waals surface area contributed by atoms with Crippen molar-refractivity contribution in [2.45, 2.75) is 0 Å². The quantitative estimate of drug-likeness (QED) is 0.793. The van der Waals surface area contributed by atoms with Gasteiger partial charge < -0.3 is 9.72 Å². The molecule has 2 heterocycles. The highest BCUT2D eigenvalue weighted by Crippen LogP contribution is 2.27. The predicted molar refractivity (Wildman–Crippen MR) is 77.9 cm³/mol. The fourth-order valence-electron chi connectivity index (χ4n) is 2.29. The molecule has 0 saturated heterocycles. The van der Waals surface area contributed by atoms with Crippen molar-refractivity contribution in [2.24, 2.45) is 7.05 Å². The molecule has 0 aliphatic carbocycles. The standard InChI is InChI=1S/C15H12N4O2/c1-19-14(4-6-18-19)13-9-17-15(20)12-8-10(21-7-5-16)2-3-11(12)13/h2-4,6,8-9H,7H2,1H3,(H,17,20). The zero-order valence-corrected chi connectivity index (χ0v) is 11.3. The van der Waals surface area contributed by atoms with Crippen molar-refractivity contribution in [2.75, 3.05) is 6.61 Å². The number of H-pyrrole nitrogens is 1. The van der Waals surface area contributed by atoms with Crippen LogP contribution in [0.4, 0.5) is 0 Å². The smallest absolute Gasteiger partial charge is 0.255 e. The van der Waals surface area contributed by atoms with Crippen molar-refractivity contribution in [3.63, 3.8) is 0 Å². The van der Waals surface area contributed by atoms with Crippen LogP contribution >= 0.6 is 0 Å². The van der Waals surface area contributed by atoms with Gasteiger partial charge in [0.1, 0.15) is 11.8 Å². The largest absolute Gasteiger partial charge is 0.479 e. The first-order valence-corrected chi connectivity index (χ1v) is 6.34. The van der Waals surface area contributed by atoms with Crippen LogP contribution in [-0.4, -0.2) is 21.4 Å². The number of aryl methyl sites for hydroxylation is 1. The monoisotopic (exact) mass is 280 g/mol. The first-order valence-electron chi connectivity index (χ1n) is 6.34. The van der Waals surface area contributed by atoms with Crippen LogP contribution in [0.5, 0.6) is 5.75 Å². The first-order chi connectivity index (χ1) is 10.2. The topological polar surface area (TPSA) is 83.7 Å². The highest BCUT2D eigenvalue weighted by atomic mass is 16.5. The minimum atomic E-state index is -0.196. The Hall–Kier alpha value is -3.07. The van der Waals surface area contributed by atoms with Gasteiger partial charge in [0.15, 0.2) is 6.61 Å². The molecule has 1 N–H and O–H groups in total. The van der Waals surface area contributed by atoms with Crippen LogP contribution in [0.2, 0.25) is 0 Å². The summed E-state index contributed by atoms with van der Waals surface area (Å²) < 4.78 is 6.98. The van der Waals surface area contributed by atoms with Crippen LogP contribution in [0, 0.1) is 11.3 Å². The lowest BCUT2D eigenvalue weighted by molar-refractivity contribution is 0.368. The van der Waals surface area contributed by atoms with E-state index in [1.807, 2.05) is 25.2 Å². The van der Waals surface area contributed by atoms with Gasteiger partial charge in [-0.15, -0.1) is 0 Å². The van der Waals surface area contributed by atoms with Crippen molar-refractivity contribution in [3.8, 4) is 23.1 Å². The molecule has 21 heavy (non-hydrogen) atoms. The maximum atomic E-state index is 12.0. The molecule has 6 heteroatoms. The van der Waals surface area contributed by atoms with Gasteiger partial charge in [0.05, 0.1) is 11.1 Å². The maximum absolute atomic E-state index is 12.0. The van der Waals surface area contributed by atoms with Crippen LogP contribution < -0.4 is 10.3 Å². The van der Waals surface area contributed by atoms with E-state index in [-0.39, 0.29) is 12.2 Å². The van der Waals surface area contributed by atoms with Crippen molar-refractivity contribution >= 4 is 10.8 Å². The van der Waals surface area contributed by atoms with Crippen LogP contribution in [0.25, 0.3) is 22.0 Å². The zero-order valence-electron chi connectivity index (χ0n) is 11.3. The van der Waals surface area contributed by atoms with Crippen LogP contribution in [-0.2, 0) is 7.05 Å². The number of nitrogens with one attached hydrogen (secondary N) is 1. The normalized spacial score (nSPS) is 10.5. The molecule has 6 nitrogen and oxygen atoms in total. The second kappa shape index (κ2) is 5.13. The van der Waals surface area contributed by atoms with Gasteiger partial charge in [-0.1, -0.05) is 0 Å². The maximum Gasteiger partial charge on any atom is 0.255 e. The molecular weight excluding hydrogens is 268 g/mol. The highest BCUT2D eigenvalue weighted by Gasteiger charge is 2.10. The van der Waals surface area contributed by atoms with Gasteiger partial charge in [0, 0.05) is 25.0 Å². The van der Waals surface area contributed by atoms with Gasteiger partial charge in [-0.3, -0.25) is 9.48 Å². The molecule has 2 aromatic heterocycles. The Morgan fingerprint density at radius 2 is 2.24 bits per heavy atom. The van der Waals surface area contributed by atoms with Crippen molar-refractivity contribution in [3.05, 3.63) is 47.0 Å². The number of nitrogens with zero attached hydrogens (tertiary/aromatic N) is 3. The third-order valence-corrected chi connectivity index (χ3v) is 3.27. The summed E-state index contributed by atoms with van der Waals surface area (Å²) in [5.41, 5.74) is 1.59. The molecular formula is C15H12N4O2. The molecule has 0 atom stereocenters. The van der Waals surface area contributed by atoms with Crippen molar-refractivity contribution < 1.29 is 4.74 Å². The summed E-state index contributed by atoms with van der Waals surface area (Å²) >= 11 is 0. The summed E-state index contributed by atoms with van der Waals surface area (Å²) in [4.78, 5) is 14.7. The average Bonchev–Trinajstić information content (AvgIpc) is 2.92. The molecule has 0 spiro atoms. The Bertz CT molecular complexity index is 902. The number of hydrogen-bond donors (Lipinski definition) is 1. The lowest BCUT2D eigenvalue weighted by Gasteiger charge is -2.08. The summed E-state index contributed by atoms with van der Waals surface area (Å²) in [5, 5.41) is 14.0. The second-order valence-electron chi connectivity index (χ2n) is 4.53. The molecule has 3 aromatic rings. The summed E-state index contributed by atoms with van der Waals surface area (Å²) in [6, 6.07) is 8.99. The van der Waals surface area contributed by atoms with E-state index in [9.17, 15) is 4.79 Å². The van der Waals surface area contributed by atoms with E-state index < -0.39 is 0 Å². The molecule has 0 aliphatic heterocycles. The van der Waals surface area contributed by atoms with E-state index in [0.29, 0.717) is 11.1 Å². The van der Waals surface area contributed by atoms with Gasteiger partial charge in [-0.2, -0.15) is 10.4 Å². The number of nitriles is 1. The summed E-state index contributed by atoms with van der Waals surface area (Å²) in [7, 11) is 1.84. The predicted octanol–water partition coefficient (Wildman–Crippen LogP) is 1.83. The molecule has 104 valence electrons. The Morgan fingerprint density at radius 3 is 2.95 bits per heavy atom. The fourth-order valence-corrected chi connectivity index (χ4v) is 2.29. The molecule has 0 saturated carbocycles. The van der Waals surface area contributed by atoms with Crippen molar-refractivity contribution in [1.29, 1.82) is 5.26 Å². The van der Waals surface area contributed by atoms with E-state index in [1.54, 1.807) is 29.2 Å². The number of rotatable bonds is 3. The highest BCUT2D eigenvalue weighted by molar-refractivity contribution is 5.95. The molecule has 0 aliphatic rings. The summed E-state index contributed by atoms with van der Waals surface area (Å²) in [6.07, 6.45) is 3.38. The average molecular weight is 280 g/mol. The number of ether oxygens (including phenoxy) is 1. The van der Waals surface area contributed by atoms with Crippen LogP contribution in [0.15, 0.2) is 41.5 Å². The fraction of sp³-hybridized carbons (Fsp3) is 0.133. The van der Waals surface area contributed by atoms with Gasteiger partial charge >= 0.3 is 0 Å². The minimum Gasteiger partial charge on any atom is -0.479 e.